The second-order valence-electron chi connectivity index (χ2n) is 5.32. The van der Waals surface area contributed by atoms with Crippen molar-refractivity contribution >= 4 is 27.3 Å². The molecule has 3 rings (SSSR count). The molecule has 0 saturated heterocycles. The highest BCUT2D eigenvalue weighted by Gasteiger charge is 2.16. The monoisotopic (exact) mass is 352 g/mol. The summed E-state index contributed by atoms with van der Waals surface area (Å²) < 4.78 is 1.07. The van der Waals surface area contributed by atoms with Crippen LogP contribution in [-0.4, -0.2) is 0 Å². The summed E-state index contributed by atoms with van der Waals surface area (Å²) >= 11 is 3.49. The van der Waals surface area contributed by atoms with Gasteiger partial charge < -0.3 is 11.5 Å². The van der Waals surface area contributed by atoms with E-state index in [-0.39, 0.29) is 5.92 Å². The van der Waals surface area contributed by atoms with Crippen LogP contribution in [0.3, 0.4) is 0 Å². The Balaban J connectivity index is 2.10. The van der Waals surface area contributed by atoms with Gasteiger partial charge in [-0.25, -0.2) is 0 Å². The Labute approximate surface area is 138 Å². The van der Waals surface area contributed by atoms with Gasteiger partial charge in [-0.3, -0.25) is 0 Å². The molecule has 2 nitrogen and oxygen atoms in total. The van der Waals surface area contributed by atoms with Gasteiger partial charge in [0, 0.05) is 21.8 Å². The lowest BCUT2D eigenvalue weighted by molar-refractivity contribution is 0.977. The van der Waals surface area contributed by atoms with Crippen LogP contribution in [-0.2, 0) is 0 Å². The molecule has 3 aromatic carbocycles. The van der Waals surface area contributed by atoms with E-state index in [0.29, 0.717) is 0 Å². The fraction of sp³-hybridized carbons (Fsp3) is 0.0526. The fourth-order valence-corrected chi connectivity index (χ4v) is 2.87. The summed E-state index contributed by atoms with van der Waals surface area (Å²) in [5.41, 5.74) is 16.8. The number of nitrogen functional groups attached to an aromatic ring is 2. The average molecular weight is 353 g/mol. The summed E-state index contributed by atoms with van der Waals surface area (Å²) in [5, 5.41) is 0. The molecule has 110 valence electrons. The third-order valence-corrected chi connectivity index (χ3v) is 4.27. The van der Waals surface area contributed by atoms with Crippen LogP contribution in [0.15, 0.2) is 77.3 Å². The van der Waals surface area contributed by atoms with Crippen molar-refractivity contribution in [3.05, 3.63) is 94.0 Å². The molecule has 0 aromatic heterocycles. The maximum atomic E-state index is 5.82. The smallest absolute Gasteiger partial charge is 0.0340 e. The highest BCUT2D eigenvalue weighted by atomic mass is 79.9. The summed E-state index contributed by atoms with van der Waals surface area (Å²) in [6.45, 7) is 0. The van der Waals surface area contributed by atoms with Crippen LogP contribution < -0.4 is 11.5 Å². The number of anilines is 2. The van der Waals surface area contributed by atoms with Gasteiger partial charge in [-0.05, 0) is 53.1 Å². The van der Waals surface area contributed by atoms with E-state index in [4.69, 9.17) is 11.5 Å². The highest BCUT2D eigenvalue weighted by Crippen LogP contribution is 2.33. The summed E-state index contributed by atoms with van der Waals surface area (Å²) in [6, 6.07) is 24.5. The summed E-state index contributed by atoms with van der Waals surface area (Å²) in [5.74, 6) is 0.161. The quantitative estimate of drug-likeness (QED) is 0.525. The molecule has 0 unspecified atom stereocenters. The Morgan fingerprint density at radius 1 is 0.545 bits per heavy atom. The molecule has 0 heterocycles. The fourth-order valence-electron chi connectivity index (χ4n) is 2.61. The van der Waals surface area contributed by atoms with Crippen molar-refractivity contribution < 1.29 is 0 Å². The van der Waals surface area contributed by atoms with Crippen LogP contribution in [0.25, 0.3) is 0 Å². The Hall–Kier alpha value is -2.26. The minimum Gasteiger partial charge on any atom is -0.399 e. The molecule has 0 atom stereocenters. The largest absolute Gasteiger partial charge is 0.399 e. The third kappa shape index (κ3) is 3.15. The molecule has 3 heteroatoms. The van der Waals surface area contributed by atoms with Gasteiger partial charge in [0.2, 0.25) is 0 Å². The van der Waals surface area contributed by atoms with E-state index in [9.17, 15) is 0 Å². The maximum Gasteiger partial charge on any atom is 0.0340 e. The van der Waals surface area contributed by atoms with Gasteiger partial charge >= 0.3 is 0 Å². The zero-order valence-electron chi connectivity index (χ0n) is 12.0. The molecule has 0 aliphatic heterocycles. The van der Waals surface area contributed by atoms with Gasteiger partial charge in [0.05, 0.1) is 0 Å². The Morgan fingerprint density at radius 3 is 1.23 bits per heavy atom. The second kappa shape index (κ2) is 6.24. The lowest BCUT2D eigenvalue weighted by Crippen LogP contribution is -2.04. The van der Waals surface area contributed by atoms with Crippen LogP contribution in [0.4, 0.5) is 11.4 Å². The predicted octanol–water partition coefficient (Wildman–Crippen LogP) is 4.79. The number of halogens is 1. The van der Waals surface area contributed by atoms with Crippen molar-refractivity contribution in [2.45, 2.75) is 5.92 Å². The van der Waals surface area contributed by atoms with Gasteiger partial charge in [0.1, 0.15) is 0 Å². The first-order chi connectivity index (χ1) is 10.6. The highest BCUT2D eigenvalue weighted by molar-refractivity contribution is 9.10. The van der Waals surface area contributed by atoms with Gasteiger partial charge in [-0.2, -0.15) is 0 Å². The lowest BCUT2D eigenvalue weighted by Gasteiger charge is -2.19. The van der Waals surface area contributed by atoms with Crippen LogP contribution >= 0.6 is 15.9 Å². The van der Waals surface area contributed by atoms with Gasteiger partial charge in [0.25, 0.3) is 0 Å². The molecule has 4 N–H and O–H groups in total. The molecular weight excluding hydrogens is 336 g/mol. The van der Waals surface area contributed by atoms with Crippen molar-refractivity contribution in [3.8, 4) is 0 Å². The Bertz CT molecular complexity index is 639. The number of hydrogen-bond donors (Lipinski definition) is 2. The van der Waals surface area contributed by atoms with Crippen molar-refractivity contribution in [1.29, 1.82) is 0 Å². The lowest BCUT2D eigenvalue weighted by atomic mass is 9.85. The normalized spacial score (nSPS) is 10.8. The summed E-state index contributed by atoms with van der Waals surface area (Å²) in [7, 11) is 0. The predicted molar refractivity (Wildman–Crippen MR) is 96.8 cm³/mol. The molecule has 0 saturated carbocycles. The SMILES string of the molecule is Nc1ccc(C(c2ccc(N)cc2)c2ccc(Br)cc2)cc1. The molecule has 0 bridgehead atoms. The summed E-state index contributed by atoms with van der Waals surface area (Å²) in [6.07, 6.45) is 0. The number of hydrogen-bond acceptors (Lipinski definition) is 2. The number of nitrogens with two attached hydrogens (primary N) is 2. The van der Waals surface area contributed by atoms with Crippen molar-refractivity contribution in [1.82, 2.24) is 0 Å². The molecule has 0 fully saturated rings. The molecule has 0 spiro atoms. The van der Waals surface area contributed by atoms with Crippen LogP contribution in [0, 0.1) is 0 Å². The third-order valence-electron chi connectivity index (χ3n) is 3.74. The Morgan fingerprint density at radius 2 is 0.864 bits per heavy atom. The molecule has 0 aliphatic carbocycles. The standard InChI is InChI=1S/C19H17BrN2/c20-16-7-1-13(2-8-16)19(14-3-9-17(21)10-4-14)15-5-11-18(22)12-6-15/h1-12,19H,21-22H2. The van der Waals surface area contributed by atoms with Crippen molar-refractivity contribution in [2.24, 2.45) is 0 Å². The van der Waals surface area contributed by atoms with Crippen molar-refractivity contribution in [2.75, 3.05) is 11.5 Å². The van der Waals surface area contributed by atoms with E-state index in [1.807, 2.05) is 24.3 Å². The van der Waals surface area contributed by atoms with E-state index in [2.05, 4.69) is 64.5 Å². The summed E-state index contributed by atoms with van der Waals surface area (Å²) in [4.78, 5) is 0. The maximum absolute atomic E-state index is 5.82. The average Bonchev–Trinajstić information content (AvgIpc) is 2.53. The minimum atomic E-state index is 0.161. The van der Waals surface area contributed by atoms with E-state index in [1.54, 1.807) is 0 Å². The first-order valence-corrected chi connectivity index (χ1v) is 7.89. The molecule has 0 amide bonds. The molecular formula is C19H17BrN2. The van der Waals surface area contributed by atoms with E-state index >= 15 is 0 Å². The molecule has 0 aliphatic rings. The minimum absolute atomic E-state index is 0.161. The molecule has 0 radical (unpaired) electrons. The topological polar surface area (TPSA) is 52.0 Å². The van der Waals surface area contributed by atoms with Gasteiger partial charge in [-0.1, -0.05) is 52.3 Å². The molecule has 22 heavy (non-hydrogen) atoms. The number of benzene rings is 3. The van der Waals surface area contributed by atoms with Crippen LogP contribution in [0.1, 0.15) is 22.6 Å². The van der Waals surface area contributed by atoms with Gasteiger partial charge in [0.15, 0.2) is 0 Å². The van der Waals surface area contributed by atoms with E-state index < -0.39 is 0 Å². The zero-order chi connectivity index (χ0) is 15.5. The molecule has 3 aromatic rings. The second-order valence-corrected chi connectivity index (χ2v) is 6.23. The zero-order valence-corrected chi connectivity index (χ0v) is 13.6. The van der Waals surface area contributed by atoms with Gasteiger partial charge in [-0.15, -0.1) is 0 Å². The van der Waals surface area contributed by atoms with Crippen molar-refractivity contribution in [3.63, 3.8) is 0 Å². The van der Waals surface area contributed by atoms with E-state index in [1.165, 1.54) is 16.7 Å². The Kier molecular flexibility index (Phi) is 4.16. The first kappa shape index (κ1) is 14.7. The van der Waals surface area contributed by atoms with E-state index in [0.717, 1.165) is 15.8 Å². The first-order valence-electron chi connectivity index (χ1n) is 7.10. The number of rotatable bonds is 3. The van der Waals surface area contributed by atoms with Crippen LogP contribution in [0.2, 0.25) is 0 Å². The van der Waals surface area contributed by atoms with Crippen LogP contribution in [0.5, 0.6) is 0 Å².